The molecule has 0 aliphatic rings. The molecular formula is C15H13N3O2S. The molecule has 0 unspecified atom stereocenters. The Morgan fingerprint density at radius 3 is 2.29 bits per heavy atom. The van der Waals surface area contributed by atoms with Crippen LogP contribution < -0.4 is 5.14 Å². The van der Waals surface area contributed by atoms with Gasteiger partial charge in [0.05, 0.1) is 17.6 Å². The van der Waals surface area contributed by atoms with Crippen LogP contribution in [0.4, 0.5) is 0 Å². The van der Waals surface area contributed by atoms with Crippen LogP contribution in [0.5, 0.6) is 0 Å². The first kappa shape index (κ1) is 13.5. The zero-order chi connectivity index (χ0) is 14.9. The summed E-state index contributed by atoms with van der Waals surface area (Å²) in [6, 6.07) is 18.0. The Labute approximate surface area is 122 Å². The Kier molecular flexibility index (Phi) is 3.32. The summed E-state index contributed by atoms with van der Waals surface area (Å²) in [6.45, 7) is 0. The quantitative estimate of drug-likeness (QED) is 0.805. The van der Waals surface area contributed by atoms with Gasteiger partial charge >= 0.3 is 0 Å². The number of benzene rings is 2. The summed E-state index contributed by atoms with van der Waals surface area (Å²) in [5, 5.41) is 9.52. The van der Waals surface area contributed by atoms with Crippen molar-refractivity contribution in [1.82, 2.24) is 9.78 Å². The lowest BCUT2D eigenvalue weighted by atomic mass is 10.1. The molecule has 1 heterocycles. The molecule has 0 radical (unpaired) electrons. The van der Waals surface area contributed by atoms with Crippen LogP contribution in [0.25, 0.3) is 16.9 Å². The maximum atomic E-state index is 11.7. The number of hydrogen-bond donors (Lipinski definition) is 1. The lowest BCUT2D eigenvalue weighted by molar-refractivity contribution is 0.596. The van der Waals surface area contributed by atoms with Crippen LogP contribution in [0.2, 0.25) is 0 Å². The Bertz CT molecular complexity index is 871. The number of nitrogens with zero attached hydrogens (tertiary/aromatic N) is 2. The van der Waals surface area contributed by atoms with Crippen molar-refractivity contribution in [2.75, 3.05) is 0 Å². The van der Waals surface area contributed by atoms with Crippen molar-refractivity contribution in [2.24, 2.45) is 5.14 Å². The van der Waals surface area contributed by atoms with E-state index < -0.39 is 10.0 Å². The van der Waals surface area contributed by atoms with Gasteiger partial charge < -0.3 is 0 Å². The maximum absolute atomic E-state index is 11.7. The van der Waals surface area contributed by atoms with Gasteiger partial charge in [-0.05, 0) is 18.2 Å². The number of sulfonamides is 1. The van der Waals surface area contributed by atoms with Gasteiger partial charge in [0, 0.05) is 5.56 Å². The first-order valence-corrected chi connectivity index (χ1v) is 7.83. The molecule has 0 bridgehead atoms. The molecule has 106 valence electrons. The van der Waals surface area contributed by atoms with Crippen molar-refractivity contribution in [1.29, 1.82) is 0 Å². The van der Waals surface area contributed by atoms with Crippen LogP contribution in [0.15, 0.2) is 71.8 Å². The fraction of sp³-hybridized carbons (Fsp3) is 0. The lowest BCUT2D eigenvalue weighted by Crippen LogP contribution is -2.16. The van der Waals surface area contributed by atoms with Crippen molar-refractivity contribution < 1.29 is 8.42 Å². The molecule has 0 spiro atoms. The van der Waals surface area contributed by atoms with Gasteiger partial charge in [0.15, 0.2) is 0 Å². The van der Waals surface area contributed by atoms with Crippen molar-refractivity contribution in [2.45, 2.75) is 4.90 Å². The van der Waals surface area contributed by atoms with E-state index in [1.165, 1.54) is 6.07 Å². The van der Waals surface area contributed by atoms with Crippen molar-refractivity contribution >= 4 is 10.0 Å². The number of primary sulfonamides is 1. The van der Waals surface area contributed by atoms with Gasteiger partial charge in [0.1, 0.15) is 4.90 Å². The van der Waals surface area contributed by atoms with Gasteiger partial charge in [0.25, 0.3) is 0 Å². The zero-order valence-electron chi connectivity index (χ0n) is 11.0. The third-order valence-corrected chi connectivity index (χ3v) is 4.07. The second-order valence-corrected chi connectivity index (χ2v) is 6.04. The summed E-state index contributed by atoms with van der Waals surface area (Å²) in [5.74, 6) is 0. The molecule has 5 nitrogen and oxygen atoms in total. The molecule has 0 fully saturated rings. The molecular weight excluding hydrogens is 286 g/mol. The van der Waals surface area contributed by atoms with Crippen LogP contribution in [0.3, 0.4) is 0 Å². The predicted molar refractivity (Wildman–Crippen MR) is 80.4 cm³/mol. The van der Waals surface area contributed by atoms with E-state index in [0.717, 1.165) is 11.3 Å². The third-order valence-electron chi connectivity index (χ3n) is 3.11. The molecule has 21 heavy (non-hydrogen) atoms. The number of aromatic nitrogens is 2. The zero-order valence-corrected chi connectivity index (χ0v) is 11.9. The average molecular weight is 299 g/mol. The molecule has 6 heteroatoms. The summed E-state index contributed by atoms with van der Waals surface area (Å²) in [4.78, 5) is 0.0471. The number of rotatable bonds is 3. The second kappa shape index (κ2) is 5.16. The van der Waals surface area contributed by atoms with Crippen LogP contribution in [-0.4, -0.2) is 18.2 Å². The highest BCUT2D eigenvalue weighted by Crippen LogP contribution is 2.25. The molecule has 2 N–H and O–H groups in total. The van der Waals surface area contributed by atoms with Gasteiger partial charge in [-0.25, -0.2) is 18.2 Å². The van der Waals surface area contributed by atoms with Gasteiger partial charge in [-0.1, -0.05) is 42.5 Å². The molecule has 0 aliphatic heterocycles. The van der Waals surface area contributed by atoms with Gasteiger partial charge in [0.2, 0.25) is 10.0 Å². The molecule has 0 atom stereocenters. The monoisotopic (exact) mass is 299 g/mol. The minimum absolute atomic E-state index is 0.0471. The molecule has 3 aromatic rings. The summed E-state index contributed by atoms with van der Waals surface area (Å²) in [6.07, 6.45) is 1.63. The van der Waals surface area contributed by atoms with Crippen molar-refractivity contribution in [3.8, 4) is 16.9 Å². The molecule has 2 aromatic carbocycles. The minimum atomic E-state index is -3.82. The molecule has 0 amide bonds. The highest BCUT2D eigenvalue weighted by Gasteiger charge is 2.17. The Hall–Kier alpha value is -2.44. The smallest absolute Gasteiger partial charge is 0.232 e. The lowest BCUT2D eigenvalue weighted by Gasteiger charge is -2.11. The predicted octanol–water partition coefficient (Wildman–Crippen LogP) is 2.19. The molecule has 0 aliphatic carbocycles. The molecule has 0 saturated carbocycles. The summed E-state index contributed by atoms with van der Waals surface area (Å²) >= 11 is 0. The highest BCUT2D eigenvalue weighted by atomic mass is 32.2. The van der Waals surface area contributed by atoms with Gasteiger partial charge in [-0.2, -0.15) is 5.10 Å². The Morgan fingerprint density at radius 1 is 0.905 bits per heavy atom. The van der Waals surface area contributed by atoms with Crippen LogP contribution in [-0.2, 0) is 10.0 Å². The minimum Gasteiger partial charge on any atom is -0.232 e. The molecule has 0 saturated heterocycles. The summed E-state index contributed by atoms with van der Waals surface area (Å²) in [5.41, 5.74) is 2.18. The molecule has 3 rings (SSSR count). The number of hydrogen-bond acceptors (Lipinski definition) is 3. The van der Waals surface area contributed by atoms with Crippen molar-refractivity contribution in [3.05, 3.63) is 66.9 Å². The largest absolute Gasteiger partial charge is 0.240 e. The van der Waals surface area contributed by atoms with E-state index in [2.05, 4.69) is 5.10 Å². The van der Waals surface area contributed by atoms with E-state index in [-0.39, 0.29) is 4.90 Å². The first-order chi connectivity index (χ1) is 10.1. The Morgan fingerprint density at radius 2 is 1.57 bits per heavy atom. The Balaban J connectivity index is 2.23. The fourth-order valence-corrected chi connectivity index (χ4v) is 2.91. The van der Waals surface area contributed by atoms with Crippen LogP contribution in [0.1, 0.15) is 0 Å². The van der Waals surface area contributed by atoms with Crippen molar-refractivity contribution in [3.63, 3.8) is 0 Å². The third kappa shape index (κ3) is 2.58. The number of para-hydroxylation sites is 1. The molecule has 1 aromatic heterocycles. The van der Waals surface area contributed by atoms with E-state index >= 15 is 0 Å². The van der Waals surface area contributed by atoms with Gasteiger partial charge in [-0.15, -0.1) is 0 Å². The van der Waals surface area contributed by atoms with E-state index in [9.17, 15) is 8.42 Å². The van der Waals surface area contributed by atoms with Gasteiger partial charge in [-0.3, -0.25) is 0 Å². The average Bonchev–Trinajstić information content (AvgIpc) is 2.96. The van der Waals surface area contributed by atoms with E-state index in [1.807, 2.05) is 36.4 Å². The summed E-state index contributed by atoms with van der Waals surface area (Å²) in [7, 11) is -3.82. The van der Waals surface area contributed by atoms with E-state index in [1.54, 1.807) is 29.1 Å². The second-order valence-electron chi connectivity index (χ2n) is 4.51. The van der Waals surface area contributed by atoms with E-state index in [0.29, 0.717) is 5.69 Å². The topological polar surface area (TPSA) is 78.0 Å². The SMILES string of the molecule is NS(=O)(=O)c1ccccc1-n1nccc1-c1ccccc1. The fourth-order valence-electron chi connectivity index (χ4n) is 2.20. The van der Waals surface area contributed by atoms with Crippen LogP contribution >= 0.6 is 0 Å². The normalized spacial score (nSPS) is 11.5. The first-order valence-electron chi connectivity index (χ1n) is 6.29. The summed E-state index contributed by atoms with van der Waals surface area (Å²) < 4.78 is 25.0. The highest BCUT2D eigenvalue weighted by molar-refractivity contribution is 7.89. The number of nitrogens with two attached hydrogens (primary N) is 1. The maximum Gasteiger partial charge on any atom is 0.240 e. The standard InChI is InChI=1S/C15H13N3O2S/c16-21(19,20)15-9-5-4-8-14(15)18-13(10-11-17-18)12-6-2-1-3-7-12/h1-11H,(H2,16,19,20). The van der Waals surface area contributed by atoms with Crippen LogP contribution in [0, 0.1) is 0 Å². The van der Waals surface area contributed by atoms with E-state index in [4.69, 9.17) is 5.14 Å².